The summed E-state index contributed by atoms with van der Waals surface area (Å²) in [5.41, 5.74) is 1.74. The van der Waals surface area contributed by atoms with Crippen LogP contribution in [0.1, 0.15) is 28.8 Å². The van der Waals surface area contributed by atoms with Crippen LogP contribution in [0.2, 0.25) is 0 Å². The summed E-state index contributed by atoms with van der Waals surface area (Å²) in [6.45, 7) is 3.29. The largest absolute Gasteiger partial charge is 0.339 e. The van der Waals surface area contributed by atoms with Gasteiger partial charge in [0, 0.05) is 29.2 Å². The van der Waals surface area contributed by atoms with Crippen LogP contribution in [0.5, 0.6) is 0 Å². The van der Waals surface area contributed by atoms with Gasteiger partial charge in [0.25, 0.3) is 15.9 Å². The number of amides is 1. The minimum absolute atomic E-state index is 0.0959. The molecule has 5 nitrogen and oxygen atoms in total. The van der Waals surface area contributed by atoms with Gasteiger partial charge in [-0.1, -0.05) is 12.1 Å². The highest BCUT2D eigenvalue weighted by atomic mass is 32.2. The van der Waals surface area contributed by atoms with Crippen molar-refractivity contribution in [3.8, 4) is 0 Å². The van der Waals surface area contributed by atoms with Crippen molar-refractivity contribution in [3.63, 3.8) is 0 Å². The van der Waals surface area contributed by atoms with Gasteiger partial charge in [-0.2, -0.15) is 0 Å². The third-order valence-electron chi connectivity index (χ3n) is 4.46. The van der Waals surface area contributed by atoms with Gasteiger partial charge in [-0.05, 0) is 61.9 Å². The molecule has 1 aliphatic heterocycles. The minimum Gasteiger partial charge on any atom is -0.339 e. The highest BCUT2D eigenvalue weighted by molar-refractivity contribution is 7.98. The molecule has 0 spiro atoms. The van der Waals surface area contributed by atoms with Crippen molar-refractivity contribution in [2.75, 3.05) is 24.1 Å². The molecule has 1 N–H and O–H groups in total. The summed E-state index contributed by atoms with van der Waals surface area (Å²) in [6, 6.07) is 11.9. The maximum absolute atomic E-state index is 12.8. The summed E-state index contributed by atoms with van der Waals surface area (Å²) in [5.74, 6) is -0.0959. The van der Waals surface area contributed by atoms with E-state index in [0.717, 1.165) is 36.4 Å². The Morgan fingerprint density at radius 2 is 1.85 bits per heavy atom. The molecule has 26 heavy (non-hydrogen) atoms. The number of hydrogen-bond donors (Lipinski definition) is 1. The van der Waals surface area contributed by atoms with E-state index in [1.807, 2.05) is 19.2 Å². The molecule has 1 aliphatic rings. The van der Waals surface area contributed by atoms with E-state index in [1.54, 1.807) is 40.9 Å². The highest BCUT2D eigenvalue weighted by Crippen LogP contribution is 2.24. The van der Waals surface area contributed by atoms with Gasteiger partial charge >= 0.3 is 0 Å². The number of nitrogens with zero attached hydrogens (tertiary/aromatic N) is 1. The second kappa shape index (κ2) is 7.72. The van der Waals surface area contributed by atoms with Gasteiger partial charge in [-0.3, -0.25) is 9.52 Å². The number of likely N-dealkylation sites (tertiary alicyclic amines) is 1. The molecule has 138 valence electrons. The molecule has 1 saturated heterocycles. The summed E-state index contributed by atoms with van der Waals surface area (Å²) in [6.07, 6.45) is 3.93. The number of anilines is 1. The topological polar surface area (TPSA) is 66.5 Å². The fraction of sp³-hybridized carbons (Fsp3) is 0.316. The Kier molecular flexibility index (Phi) is 5.58. The van der Waals surface area contributed by atoms with Crippen LogP contribution in [0.15, 0.2) is 52.3 Å². The number of thioether (sulfide) groups is 1. The van der Waals surface area contributed by atoms with Gasteiger partial charge in [0.05, 0.1) is 4.90 Å². The van der Waals surface area contributed by atoms with Crippen LogP contribution in [0.25, 0.3) is 0 Å². The van der Waals surface area contributed by atoms with E-state index in [0.29, 0.717) is 11.3 Å². The molecule has 0 bridgehead atoms. The van der Waals surface area contributed by atoms with Crippen molar-refractivity contribution >= 4 is 33.4 Å². The van der Waals surface area contributed by atoms with E-state index >= 15 is 0 Å². The van der Waals surface area contributed by atoms with Crippen molar-refractivity contribution in [1.82, 2.24) is 4.90 Å². The van der Waals surface area contributed by atoms with Gasteiger partial charge in [0.2, 0.25) is 0 Å². The van der Waals surface area contributed by atoms with Gasteiger partial charge in [0.1, 0.15) is 0 Å². The summed E-state index contributed by atoms with van der Waals surface area (Å²) in [7, 11) is -3.76. The molecule has 2 aromatic rings. The van der Waals surface area contributed by atoms with Crippen LogP contribution in [-0.2, 0) is 10.0 Å². The van der Waals surface area contributed by atoms with Crippen LogP contribution in [0, 0.1) is 6.92 Å². The first-order valence-corrected chi connectivity index (χ1v) is 11.2. The Balaban J connectivity index is 1.90. The average Bonchev–Trinajstić information content (AvgIpc) is 3.16. The third kappa shape index (κ3) is 4.04. The van der Waals surface area contributed by atoms with Crippen molar-refractivity contribution in [2.45, 2.75) is 29.6 Å². The maximum atomic E-state index is 12.8. The van der Waals surface area contributed by atoms with Gasteiger partial charge in [-0.25, -0.2) is 8.42 Å². The molecule has 1 heterocycles. The summed E-state index contributed by atoms with van der Waals surface area (Å²) >= 11 is 1.54. The number of nitrogens with one attached hydrogen (secondary N) is 1. The number of hydrogen-bond acceptors (Lipinski definition) is 4. The van der Waals surface area contributed by atoms with E-state index < -0.39 is 10.0 Å². The number of sulfonamides is 1. The number of aryl methyl sites for hydroxylation is 1. The van der Waals surface area contributed by atoms with Crippen molar-refractivity contribution < 1.29 is 13.2 Å². The molecular formula is C19H22N2O3S2. The lowest BCUT2D eigenvalue weighted by Crippen LogP contribution is -2.28. The Labute approximate surface area is 158 Å². The SMILES string of the molecule is CSc1cccc(NS(=O)(=O)c2ccc(C)c(C(=O)N3CCCC3)c2)c1. The molecule has 7 heteroatoms. The molecule has 0 atom stereocenters. The zero-order valence-corrected chi connectivity index (χ0v) is 16.5. The van der Waals surface area contributed by atoms with E-state index in [4.69, 9.17) is 0 Å². The zero-order valence-electron chi connectivity index (χ0n) is 14.9. The Hall–Kier alpha value is -1.99. The fourth-order valence-electron chi connectivity index (χ4n) is 2.99. The summed E-state index contributed by atoms with van der Waals surface area (Å²) < 4.78 is 28.1. The van der Waals surface area contributed by atoms with Crippen molar-refractivity contribution in [1.29, 1.82) is 0 Å². The Morgan fingerprint density at radius 1 is 1.12 bits per heavy atom. The van der Waals surface area contributed by atoms with Crippen molar-refractivity contribution in [2.24, 2.45) is 0 Å². The van der Waals surface area contributed by atoms with Gasteiger partial charge in [-0.15, -0.1) is 11.8 Å². The first-order chi connectivity index (χ1) is 12.4. The van der Waals surface area contributed by atoms with E-state index in [2.05, 4.69) is 4.72 Å². The van der Waals surface area contributed by atoms with Crippen LogP contribution >= 0.6 is 11.8 Å². The lowest BCUT2D eigenvalue weighted by Gasteiger charge is -2.17. The Bertz CT molecular complexity index is 920. The first-order valence-electron chi connectivity index (χ1n) is 8.47. The number of benzene rings is 2. The minimum atomic E-state index is -3.76. The van der Waals surface area contributed by atoms with Gasteiger partial charge in [0.15, 0.2) is 0 Å². The number of carbonyl (C=O) groups excluding carboxylic acids is 1. The molecule has 0 radical (unpaired) electrons. The van der Waals surface area contributed by atoms with Crippen LogP contribution < -0.4 is 4.72 Å². The molecule has 0 unspecified atom stereocenters. The quantitative estimate of drug-likeness (QED) is 0.790. The third-order valence-corrected chi connectivity index (χ3v) is 6.57. The van der Waals surface area contributed by atoms with Gasteiger partial charge < -0.3 is 4.90 Å². The second-order valence-electron chi connectivity index (χ2n) is 6.31. The maximum Gasteiger partial charge on any atom is 0.261 e. The summed E-state index contributed by atoms with van der Waals surface area (Å²) in [5, 5.41) is 0. The predicted molar refractivity (Wildman–Crippen MR) is 105 cm³/mol. The average molecular weight is 391 g/mol. The van der Waals surface area contributed by atoms with Crippen LogP contribution in [0.3, 0.4) is 0 Å². The molecule has 0 saturated carbocycles. The van der Waals surface area contributed by atoms with E-state index in [-0.39, 0.29) is 10.8 Å². The van der Waals surface area contributed by atoms with Crippen LogP contribution in [-0.4, -0.2) is 38.6 Å². The fourth-order valence-corrected chi connectivity index (χ4v) is 4.52. The standard InChI is InChI=1S/C19H22N2O3S2/c1-14-8-9-17(13-18(14)19(22)21-10-3-4-11-21)26(23,24)20-15-6-5-7-16(12-15)25-2/h5-9,12-13,20H,3-4,10-11H2,1-2H3. The van der Waals surface area contributed by atoms with E-state index in [1.165, 1.54) is 12.1 Å². The zero-order chi connectivity index (χ0) is 18.7. The molecule has 0 aliphatic carbocycles. The lowest BCUT2D eigenvalue weighted by molar-refractivity contribution is 0.0792. The smallest absolute Gasteiger partial charge is 0.261 e. The molecular weight excluding hydrogens is 368 g/mol. The van der Waals surface area contributed by atoms with Crippen LogP contribution in [0.4, 0.5) is 5.69 Å². The normalized spacial score (nSPS) is 14.5. The molecule has 3 rings (SSSR count). The highest BCUT2D eigenvalue weighted by Gasteiger charge is 2.23. The number of carbonyl (C=O) groups is 1. The lowest BCUT2D eigenvalue weighted by atomic mass is 10.1. The molecule has 2 aromatic carbocycles. The Morgan fingerprint density at radius 3 is 2.54 bits per heavy atom. The molecule has 1 fully saturated rings. The van der Waals surface area contributed by atoms with E-state index in [9.17, 15) is 13.2 Å². The van der Waals surface area contributed by atoms with Crippen molar-refractivity contribution in [3.05, 3.63) is 53.6 Å². The summed E-state index contributed by atoms with van der Waals surface area (Å²) in [4.78, 5) is 15.6. The monoisotopic (exact) mass is 390 g/mol. The predicted octanol–water partition coefficient (Wildman–Crippen LogP) is 3.75. The molecule has 0 aromatic heterocycles. The number of rotatable bonds is 5. The first kappa shape index (κ1) is 18.8. The second-order valence-corrected chi connectivity index (χ2v) is 8.88. The molecule has 1 amide bonds.